The van der Waals surface area contributed by atoms with Crippen molar-refractivity contribution < 1.29 is 31.9 Å². The minimum atomic E-state index is -3.29. The van der Waals surface area contributed by atoms with E-state index in [4.69, 9.17) is 4.74 Å². The Balaban J connectivity index is 1.92. The Morgan fingerprint density at radius 3 is 2.44 bits per heavy atom. The monoisotopic (exact) mass is 484 g/mol. The molecule has 1 aromatic carbocycles. The predicted molar refractivity (Wildman–Crippen MR) is 119 cm³/mol. The Kier molecular flexibility index (Phi) is 9.05. The minimum Gasteiger partial charge on any atom is -0.456 e. The van der Waals surface area contributed by atoms with Crippen LogP contribution >= 0.6 is 11.3 Å². The number of thiophene rings is 1. The maximum atomic E-state index is 13.8. The van der Waals surface area contributed by atoms with Crippen LogP contribution in [0.2, 0.25) is 0 Å². The number of amides is 1. The minimum absolute atomic E-state index is 0.196. The van der Waals surface area contributed by atoms with Crippen LogP contribution in [0.25, 0.3) is 0 Å². The van der Waals surface area contributed by atoms with Crippen LogP contribution in [0, 0.1) is 11.7 Å². The molecular formula is C21H25FN2O6S2. The number of carbonyl (C=O) groups is 3. The number of rotatable bonds is 11. The molecule has 0 saturated carbocycles. The van der Waals surface area contributed by atoms with Crippen LogP contribution in [-0.4, -0.2) is 51.5 Å². The van der Waals surface area contributed by atoms with Crippen molar-refractivity contribution >= 4 is 39.0 Å². The molecule has 2 N–H and O–H groups in total. The van der Waals surface area contributed by atoms with Crippen molar-refractivity contribution in [1.82, 2.24) is 10.0 Å². The van der Waals surface area contributed by atoms with Gasteiger partial charge in [-0.05, 0) is 36.6 Å². The lowest BCUT2D eigenvalue weighted by molar-refractivity contribution is -0.145. The number of ether oxygens (including phenoxy) is 1. The second-order valence-corrected chi connectivity index (χ2v) is 10.4. The number of nitrogens with one attached hydrogen (secondary N) is 2. The summed E-state index contributed by atoms with van der Waals surface area (Å²) in [7, 11) is -3.29. The number of hydrogen-bond donors (Lipinski definition) is 2. The van der Waals surface area contributed by atoms with Gasteiger partial charge in [0, 0.05) is 11.4 Å². The predicted octanol–water partition coefficient (Wildman–Crippen LogP) is 2.16. The van der Waals surface area contributed by atoms with E-state index in [2.05, 4.69) is 10.0 Å². The molecule has 2 aromatic rings. The topological polar surface area (TPSA) is 119 Å². The molecule has 0 radical (unpaired) electrons. The van der Waals surface area contributed by atoms with Gasteiger partial charge in [0.25, 0.3) is 5.91 Å². The van der Waals surface area contributed by atoms with Crippen LogP contribution in [0.15, 0.2) is 36.4 Å². The van der Waals surface area contributed by atoms with Gasteiger partial charge in [0.05, 0.1) is 16.7 Å². The van der Waals surface area contributed by atoms with Crippen molar-refractivity contribution in [2.24, 2.45) is 5.92 Å². The third-order valence-electron chi connectivity index (χ3n) is 4.34. The van der Waals surface area contributed by atoms with Gasteiger partial charge in [0.15, 0.2) is 6.61 Å². The molecule has 0 spiro atoms. The number of hydrogen-bond acceptors (Lipinski definition) is 7. The number of sulfonamides is 1. The molecule has 1 aromatic heterocycles. The van der Waals surface area contributed by atoms with Crippen LogP contribution in [-0.2, 0) is 26.0 Å². The summed E-state index contributed by atoms with van der Waals surface area (Å²) in [4.78, 5) is 38.3. The molecule has 0 saturated heterocycles. The highest BCUT2D eigenvalue weighted by atomic mass is 32.2. The molecule has 174 valence electrons. The normalized spacial score (nSPS) is 12.4. The SMILES string of the molecule is CC(C)[C@H](NC(=O)c1ccccc1F)C(=O)OCC(=O)c1ccc(CCNS(C)(=O)=O)s1. The second kappa shape index (κ2) is 11.3. The van der Waals surface area contributed by atoms with Gasteiger partial charge >= 0.3 is 5.97 Å². The summed E-state index contributed by atoms with van der Waals surface area (Å²) in [6, 6.07) is 7.62. The van der Waals surface area contributed by atoms with Crippen molar-refractivity contribution in [2.45, 2.75) is 26.3 Å². The molecule has 8 nitrogen and oxygen atoms in total. The average Bonchev–Trinajstić information content (AvgIpc) is 3.18. The molecule has 2 rings (SSSR count). The van der Waals surface area contributed by atoms with Gasteiger partial charge in [0.1, 0.15) is 11.9 Å². The lowest BCUT2D eigenvalue weighted by Crippen LogP contribution is -2.45. The van der Waals surface area contributed by atoms with E-state index < -0.39 is 46.1 Å². The molecule has 1 heterocycles. The fraction of sp³-hybridized carbons (Fsp3) is 0.381. The first-order valence-corrected chi connectivity index (χ1v) is 12.5. The smallest absolute Gasteiger partial charge is 0.329 e. The summed E-state index contributed by atoms with van der Waals surface area (Å²) in [5.74, 6) is -3.04. The van der Waals surface area contributed by atoms with E-state index in [9.17, 15) is 27.2 Å². The fourth-order valence-corrected chi connectivity index (χ4v) is 4.09. The summed E-state index contributed by atoms with van der Waals surface area (Å²) < 4.78 is 43.5. The molecule has 0 aliphatic carbocycles. The summed E-state index contributed by atoms with van der Waals surface area (Å²) >= 11 is 1.18. The standard InChI is InChI=1S/C21H25FN2O6S2/c1-13(2)19(24-20(26)15-6-4-5-7-16(15)22)21(27)30-12-17(25)18-9-8-14(31-18)10-11-23-32(3,28)29/h4-9,13,19,23H,10-12H2,1-3H3,(H,24,26)/t19-/m0/s1. The number of ketones is 1. The molecular weight excluding hydrogens is 459 g/mol. The van der Waals surface area contributed by atoms with Gasteiger partial charge in [-0.15, -0.1) is 11.3 Å². The van der Waals surface area contributed by atoms with E-state index >= 15 is 0 Å². The Labute approximate surface area is 190 Å². The van der Waals surface area contributed by atoms with Crippen LogP contribution in [0.5, 0.6) is 0 Å². The van der Waals surface area contributed by atoms with E-state index in [1.165, 1.54) is 29.5 Å². The first kappa shape index (κ1) is 25.6. The zero-order valence-electron chi connectivity index (χ0n) is 17.9. The Morgan fingerprint density at radius 2 is 1.81 bits per heavy atom. The molecule has 0 fully saturated rings. The third kappa shape index (κ3) is 7.81. The maximum absolute atomic E-state index is 13.8. The van der Waals surface area contributed by atoms with E-state index in [0.29, 0.717) is 11.3 Å². The largest absolute Gasteiger partial charge is 0.456 e. The first-order valence-electron chi connectivity index (χ1n) is 9.76. The molecule has 1 amide bonds. The van der Waals surface area contributed by atoms with Gasteiger partial charge in [-0.1, -0.05) is 26.0 Å². The van der Waals surface area contributed by atoms with Gasteiger partial charge in [-0.25, -0.2) is 22.3 Å². The Hall–Kier alpha value is -2.63. The van der Waals surface area contributed by atoms with Crippen molar-refractivity contribution in [2.75, 3.05) is 19.4 Å². The third-order valence-corrected chi connectivity index (χ3v) is 6.26. The van der Waals surface area contributed by atoms with Crippen LogP contribution < -0.4 is 10.0 Å². The Bertz CT molecular complexity index is 1080. The number of benzene rings is 1. The number of Topliss-reactive ketones (excluding diaryl/α,β-unsaturated/α-hetero) is 1. The number of carbonyl (C=O) groups excluding carboxylic acids is 3. The van der Waals surface area contributed by atoms with Crippen LogP contribution in [0.4, 0.5) is 4.39 Å². The van der Waals surface area contributed by atoms with E-state index in [0.717, 1.165) is 17.2 Å². The summed E-state index contributed by atoms with van der Waals surface area (Å²) in [6.45, 7) is 3.07. The van der Waals surface area contributed by atoms with Gasteiger partial charge < -0.3 is 10.1 Å². The zero-order chi connectivity index (χ0) is 23.9. The van der Waals surface area contributed by atoms with E-state index in [1.54, 1.807) is 26.0 Å². The second-order valence-electron chi connectivity index (χ2n) is 7.39. The van der Waals surface area contributed by atoms with E-state index in [1.807, 2.05) is 0 Å². The Morgan fingerprint density at radius 1 is 1.12 bits per heavy atom. The van der Waals surface area contributed by atoms with Gasteiger partial charge in [-0.2, -0.15) is 0 Å². The average molecular weight is 485 g/mol. The zero-order valence-corrected chi connectivity index (χ0v) is 19.5. The summed E-state index contributed by atoms with van der Waals surface area (Å²) in [5.41, 5.74) is -0.196. The highest BCUT2D eigenvalue weighted by Gasteiger charge is 2.28. The van der Waals surface area contributed by atoms with Gasteiger partial charge in [-0.3, -0.25) is 9.59 Å². The lowest BCUT2D eigenvalue weighted by atomic mass is 10.0. The highest BCUT2D eigenvalue weighted by Crippen LogP contribution is 2.18. The molecule has 0 aliphatic rings. The van der Waals surface area contributed by atoms with E-state index in [-0.39, 0.29) is 18.0 Å². The quantitative estimate of drug-likeness (QED) is 0.373. The number of esters is 1. The number of halogens is 1. The molecule has 32 heavy (non-hydrogen) atoms. The molecule has 0 aliphatic heterocycles. The summed E-state index contributed by atoms with van der Waals surface area (Å²) in [5, 5.41) is 2.46. The molecule has 1 atom stereocenters. The van der Waals surface area contributed by atoms with Crippen molar-refractivity contribution in [1.29, 1.82) is 0 Å². The summed E-state index contributed by atoms with van der Waals surface area (Å²) in [6.07, 6.45) is 1.48. The highest BCUT2D eigenvalue weighted by molar-refractivity contribution is 7.88. The molecule has 0 unspecified atom stereocenters. The van der Waals surface area contributed by atoms with Crippen molar-refractivity contribution in [3.05, 3.63) is 57.5 Å². The van der Waals surface area contributed by atoms with Crippen LogP contribution in [0.1, 0.15) is 38.8 Å². The lowest BCUT2D eigenvalue weighted by Gasteiger charge is -2.20. The van der Waals surface area contributed by atoms with Gasteiger partial charge in [0.2, 0.25) is 15.8 Å². The van der Waals surface area contributed by atoms with Crippen molar-refractivity contribution in [3.8, 4) is 0 Å². The van der Waals surface area contributed by atoms with Crippen LogP contribution in [0.3, 0.4) is 0 Å². The van der Waals surface area contributed by atoms with Crippen molar-refractivity contribution in [3.63, 3.8) is 0 Å². The molecule has 11 heteroatoms. The first-order chi connectivity index (χ1) is 15.0. The fourth-order valence-electron chi connectivity index (χ4n) is 2.68. The maximum Gasteiger partial charge on any atom is 0.329 e. The molecule has 0 bridgehead atoms.